The van der Waals surface area contributed by atoms with Crippen LogP contribution in [0.4, 0.5) is 0 Å². The van der Waals surface area contributed by atoms with Crippen molar-refractivity contribution in [1.29, 1.82) is 0 Å². The molecule has 1 aromatic heterocycles. The van der Waals surface area contributed by atoms with Crippen molar-refractivity contribution < 1.29 is 0 Å². The van der Waals surface area contributed by atoms with Crippen LogP contribution < -0.4 is 0 Å². The van der Waals surface area contributed by atoms with Crippen LogP contribution in [0.25, 0.3) is 0 Å². The molecular formula is C4H4Cl2MgS. The molecule has 0 saturated carbocycles. The molecule has 0 aromatic carbocycles. The monoisotopic (exact) mass is 178 g/mol. The minimum atomic E-state index is 0. The Morgan fingerprint density at radius 3 is 1.62 bits per heavy atom. The van der Waals surface area contributed by atoms with Crippen molar-refractivity contribution in [2.75, 3.05) is 0 Å². The summed E-state index contributed by atoms with van der Waals surface area (Å²) in [6.45, 7) is 0. The molecule has 8 heavy (non-hydrogen) atoms. The van der Waals surface area contributed by atoms with E-state index in [1.54, 1.807) is 12.1 Å². The van der Waals surface area contributed by atoms with E-state index in [1.807, 2.05) is 0 Å². The summed E-state index contributed by atoms with van der Waals surface area (Å²) in [6.07, 6.45) is 0. The second-order valence-corrected chi connectivity index (χ2v) is 3.39. The largest absolute Gasteiger partial charge is 0.316 e. The smallest absolute Gasteiger partial charge is 0.112 e. The van der Waals surface area contributed by atoms with E-state index in [0.717, 1.165) is 8.67 Å². The van der Waals surface area contributed by atoms with E-state index < -0.39 is 0 Å². The van der Waals surface area contributed by atoms with Crippen LogP contribution in [0.1, 0.15) is 0 Å². The minimum Gasteiger partial charge on any atom is -0.112 e. The maximum atomic E-state index is 5.49. The van der Waals surface area contributed by atoms with Crippen LogP contribution in [-0.2, 0) is 0 Å². The summed E-state index contributed by atoms with van der Waals surface area (Å²) in [4.78, 5) is 0. The molecule has 4 heteroatoms. The second-order valence-electron chi connectivity index (χ2n) is 1.04. The summed E-state index contributed by atoms with van der Waals surface area (Å²) in [5, 5.41) is 0. The van der Waals surface area contributed by atoms with Crippen LogP contribution in [0.15, 0.2) is 12.1 Å². The third kappa shape index (κ3) is 2.55. The van der Waals surface area contributed by atoms with Gasteiger partial charge in [0.25, 0.3) is 0 Å². The Kier molecular flexibility index (Phi) is 4.48. The van der Waals surface area contributed by atoms with Gasteiger partial charge in [0.05, 0.1) is 8.67 Å². The van der Waals surface area contributed by atoms with Crippen molar-refractivity contribution >= 4 is 57.6 Å². The van der Waals surface area contributed by atoms with Crippen molar-refractivity contribution in [1.82, 2.24) is 0 Å². The van der Waals surface area contributed by atoms with Gasteiger partial charge in [-0.25, -0.2) is 0 Å². The first-order valence-corrected chi connectivity index (χ1v) is 3.27. The average Bonchev–Trinajstić information content (AvgIpc) is 1.87. The first kappa shape index (κ1) is 9.05. The molecule has 0 aliphatic rings. The van der Waals surface area contributed by atoms with Crippen LogP contribution >= 0.6 is 34.5 Å². The molecule has 0 unspecified atom stereocenters. The summed E-state index contributed by atoms with van der Waals surface area (Å²) in [5.74, 6) is 0. The van der Waals surface area contributed by atoms with Gasteiger partial charge in [-0.15, -0.1) is 11.3 Å². The normalized spacial score (nSPS) is 8.25. The molecule has 0 nitrogen and oxygen atoms in total. The van der Waals surface area contributed by atoms with Gasteiger partial charge in [-0.2, -0.15) is 0 Å². The molecule has 0 N–H and O–H groups in total. The van der Waals surface area contributed by atoms with Gasteiger partial charge in [0, 0.05) is 0 Å². The summed E-state index contributed by atoms with van der Waals surface area (Å²) in [7, 11) is 0. The maximum absolute atomic E-state index is 5.49. The molecule has 0 bridgehead atoms. The predicted octanol–water partition coefficient (Wildman–Crippen LogP) is 2.14. The van der Waals surface area contributed by atoms with Crippen molar-refractivity contribution in [2.24, 2.45) is 0 Å². The molecule has 0 fully saturated rings. The molecule has 0 aliphatic heterocycles. The Morgan fingerprint density at radius 1 is 1.12 bits per heavy atom. The third-order valence-electron chi connectivity index (χ3n) is 0.540. The lowest BCUT2D eigenvalue weighted by Crippen LogP contribution is -1.30. The Bertz CT molecular complexity index is 146. The highest BCUT2D eigenvalue weighted by atomic mass is 35.5. The van der Waals surface area contributed by atoms with E-state index in [0.29, 0.717) is 0 Å². The number of halogens is 2. The highest BCUT2D eigenvalue weighted by Gasteiger charge is 1.89. The standard InChI is InChI=1S/C4H2Cl2S.Mg.2H/c5-3-1-2-4(6)7-3;;;/h1-2H;;;. The summed E-state index contributed by atoms with van der Waals surface area (Å²) in [6, 6.07) is 3.54. The fourth-order valence-corrected chi connectivity index (χ4v) is 1.49. The topological polar surface area (TPSA) is 0 Å². The lowest BCUT2D eigenvalue weighted by Gasteiger charge is -1.66. The first-order valence-electron chi connectivity index (χ1n) is 1.70. The zero-order chi connectivity index (χ0) is 5.28. The van der Waals surface area contributed by atoms with Crippen LogP contribution in [0.5, 0.6) is 0 Å². The Hall–Kier alpha value is 1.05. The van der Waals surface area contributed by atoms with Gasteiger partial charge in [-0.1, -0.05) is 23.2 Å². The fraction of sp³-hybridized carbons (Fsp3) is 0. The number of thiophene rings is 1. The molecule has 0 radical (unpaired) electrons. The molecule has 1 heterocycles. The Labute approximate surface area is 77.9 Å². The van der Waals surface area contributed by atoms with Gasteiger partial charge >= 0.3 is 23.1 Å². The summed E-state index contributed by atoms with van der Waals surface area (Å²) in [5.41, 5.74) is 0. The van der Waals surface area contributed by atoms with E-state index in [4.69, 9.17) is 23.2 Å². The van der Waals surface area contributed by atoms with Gasteiger partial charge in [0.1, 0.15) is 0 Å². The van der Waals surface area contributed by atoms with Crippen LogP contribution in [0.2, 0.25) is 8.67 Å². The zero-order valence-electron chi connectivity index (χ0n) is 3.32. The Morgan fingerprint density at radius 2 is 1.50 bits per heavy atom. The minimum absolute atomic E-state index is 0. The summed E-state index contributed by atoms with van der Waals surface area (Å²) >= 11 is 12.4. The van der Waals surface area contributed by atoms with Crippen LogP contribution in [0.3, 0.4) is 0 Å². The molecule has 0 amide bonds. The molecule has 1 aromatic rings. The van der Waals surface area contributed by atoms with Crippen molar-refractivity contribution in [3.05, 3.63) is 20.8 Å². The van der Waals surface area contributed by atoms with Gasteiger partial charge in [0.2, 0.25) is 0 Å². The molecule has 0 aliphatic carbocycles. The van der Waals surface area contributed by atoms with Gasteiger partial charge < -0.3 is 0 Å². The summed E-state index contributed by atoms with van der Waals surface area (Å²) < 4.78 is 1.48. The lowest BCUT2D eigenvalue weighted by molar-refractivity contribution is 2.02. The van der Waals surface area contributed by atoms with Gasteiger partial charge in [0.15, 0.2) is 0 Å². The maximum Gasteiger partial charge on any atom is 0.316 e. The third-order valence-corrected chi connectivity index (χ3v) is 1.92. The van der Waals surface area contributed by atoms with Crippen molar-refractivity contribution in [2.45, 2.75) is 0 Å². The molecular weight excluding hydrogens is 175 g/mol. The highest BCUT2D eigenvalue weighted by molar-refractivity contribution is 7.19. The predicted molar refractivity (Wildman–Crippen MR) is 42.9 cm³/mol. The van der Waals surface area contributed by atoms with Gasteiger partial charge in [-0.3, -0.25) is 0 Å². The average molecular weight is 179 g/mol. The molecule has 42 valence electrons. The zero-order valence-corrected chi connectivity index (χ0v) is 5.65. The SMILES string of the molecule is Clc1ccc(Cl)s1.[MgH2]. The number of rotatable bonds is 0. The van der Waals surface area contributed by atoms with Crippen LogP contribution in [0, 0.1) is 0 Å². The fourth-order valence-electron chi connectivity index (χ4n) is 0.292. The lowest BCUT2D eigenvalue weighted by atomic mass is 10.7. The highest BCUT2D eigenvalue weighted by Crippen LogP contribution is 2.24. The van der Waals surface area contributed by atoms with E-state index >= 15 is 0 Å². The molecule has 0 spiro atoms. The van der Waals surface area contributed by atoms with E-state index in [2.05, 4.69) is 0 Å². The number of hydrogen-bond acceptors (Lipinski definition) is 1. The second kappa shape index (κ2) is 3.96. The van der Waals surface area contributed by atoms with Crippen molar-refractivity contribution in [3.63, 3.8) is 0 Å². The van der Waals surface area contributed by atoms with E-state index in [-0.39, 0.29) is 23.1 Å². The van der Waals surface area contributed by atoms with Gasteiger partial charge in [-0.05, 0) is 12.1 Å². The first-order chi connectivity index (χ1) is 3.29. The van der Waals surface area contributed by atoms with E-state index in [1.165, 1.54) is 11.3 Å². The van der Waals surface area contributed by atoms with E-state index in [9.17, 15) is 0 Å². The number of hydrogen-bond donors (Lipinski definition) is 0. The molecule has 0 saturated heterocycles. The van der Waals surface area contributed by atoms with Crippen molar-refractivity contribution in [3.8, 4) is 0 Å². The molecule has 0 atom stereocenters. The Balaban J connectivity index is 0.000000490. The van der Waals surface area contributed by atoms with Crippen LogP contribution in [-0.4, -0.2) is 23.1 Å². The molecule has 1 rings (SSSR count). The quantitative estimate of drug-likeness (QED) is 0.535.